The number of hydrogen-bond donors (Lipinski definition) is 7. The van der Waals surface area contributed by atoms with Gasteiger partial charge < -0.3 is 63.8 Å². The maximum absolute atomic E-state index is 13.7. The SMILES string of the molecule is O=C(N[C@@H](Cc1ccccc1)[C@H](O)CN(OC1CCOCC1)S(=O)(=O)c1ccc([N+](=O)[O-])cc1)OC1CO[C@H]2OCC[C@@H]12.O=C(N[C@@H](Cc1ccccc1)[C@H](O)CNOC1CCOCC1)OC1CO[C@H]2OCC[C@@H]12.O=C(O)CS. The summed E-state index contributed by atoms with van der Waals surface area (Å²) in [4.78, 5) is 56.7. The zero-order valence-corrected chi connectivity index (χ0v) is 45.2. The van der Waals surface area contributed by atoms with Gasteiger partial charge in [-0.25, -0.2) is 18.0 Å². The first-order valence-corrected chi connectivity index (χ1v) is 28.4. The molecule has 6 fully saturated rings. The van der Waals surface area contributed by atoms with Crippen LogP contribution in [-0.4, -0.2) is 184 Å². The number of carboxylic acids is 1. The van der Waals surface area contributed by atoms with Crippen LogP contribution in [0.5, 0.6) is 0 Å². The van der Waals surface area contributed by atoms with Crippen LogP contribution in [0.2, 0.25) is 0 Å². The lowest BCUT2D eigenvalue weighted by Crippen LogP contribution is -2.52. The fourth-order valence-corrected chi connectivity index (χ4v) is 10.8. The number of nitrogens with one attached hydrogen (secondary N) is 3. The number of benzene rings is 3. The van der Waals surface area contributed by atoms with Crippen molar-refractivity contribution in [3.8, 4) is 0 Å². The summed E-state index contributed by atoms with van der Waals surface area (Å²) in [6.45, 7) is 3.39. The van der Waals surface area contributed by atoms with Crippen molar-refractivity contribution in [2.75, 3.05) is 71.7 Å². The minimum absolute atomic E-state index is 0.0652. The molecule has 436 valence electrons. The lowest BCUT2D eigenvalue weighted by atomic mass is 10.0. The fourth-order valence-electron chi connectivity index (χ4n) is 9.51. The number of carbonyl (C=O) groups excluding carboxylic acids is 2. The third-order valence-electron chi connectivity index (χ3n) is 13.9. The van der Waals surface area contributed by atoms with E-state index in [1.807, 2.05) is 60.7 Å². The fraction of sp³-hybridized carbons (Fsp3) is 0.596. The Hall–Kier alpha value is -5.11. The van der Waals surface area contributed by atoms with Crippen LogP contribution in [0, 0.1) is 22.0 Å². The molecule has 0 spiro atoms. The van der Waals surface area contributed by atoms with Gasteiger partial charge in [-0.15, -0.1) is 0 Å². The Morgan fingerprint density at radius 1 is 0.684 bits per heavy atom. The van der Waals surface area contributed by atoms with Crippen molar-refractivity contribution in [2.45, 2.75) is 118 Å². The minimum Gasteiger partial charge on any atom is -0.481 e. The van der Waals surface area contributed by atoms with E-state index in [0.29, 0.717) is 76.4 Å². The maximum atomic E-state index is 13.7. The van der Waals surface area contributed by atoms with Gasteiger partial charge in [-0.05, 0) is 74.6 Å². The lowest BCUT2D eigenvalue weighted by molar-refractivity contribution is -0.384. The number of sulfonamides is 1. The predicted molar refractivity (Wildman–Crippen MR) is 281 cm³/mol. The zero-order chi connectivity index (χ0) is 56.2. The number of ether oxygens (including phenoxy) is 8. The molecule has 3 aromatic rings. The molecule has 0 saturated carbocycles. The molecule has 0 aromatic heterocycles. The second kappa shape index (κ2) is 31.2. The van der Waals surface area contributed by atoms with E-state index >= 15 is 0 Å². The van der Waals surface area contributed by atoms with Crippen molar-refractivity contribution in [3.05, 3.63) is 106 Å². The Morgan fingerprint density at radius 2 is 1.15 bits per heavy atom. The van der Waals surface area contributed by atoms with Gasteiger partial charge in [0.25, 0.3) is 15.7 Å². The van der Waals surface area contributed by atoms with Crippen LogP contribution < -0.4 is 16.1 Å². The van der Waals surface area contributed by atoms with Crippen LogP contribution >= 0.6 is 12.6 Å². The summed E-state index contributed by atoms with van der Waals surface area (Å²) >= 11 is 3.42. The molecular weight excluding hydrogens is 1080 g/mol. The maximum Gasteiger partial charge on any atom is 0.407 e. The molecular formula is C52H71N5O20S2. The van der Waals surface area contributed by atoms with Crippen molar-refractivity contribution in [2.24, 2.45) is 11.8 Å². The molecule has 6 heterocycles. The molecule has 6 aliphatic heterocycles. The lowest BCUT2D eigenvalue weighted by Gasteiger charge is -2.32. The molecule has 2 unspecified atom stereocenters. The summed E-state index contributed by atoms with van der Waals surface area (Å²) in [6.07, 6.45) is -1.03. The highest BCUT2D eigenvalue weighted by molar-refractivity contribution is 7.89. The number of aliphatic hydroxyl groups is 2. The number of carboxylic acid groups (broad SMARTS) is 1. The smallest absolute Gasteiger partial charge is 0.407 e. The Balaban J connectivity index is 0.000000220. The number of amides is 2. The van der Waals surface area contributed by atoms with E-state index in [2.05, 4.69) is 28.7 Å². The van der Waals surface area contributed by atoms with E-state index in [4.69, 9.17) is 52.7 Å². The molecule has 79 heavy (non-hydrogen) atoms. The number of non-ortho nitro benzene ring substituents is 1. The van der Waals surface area contributed by atoms with E-state index in [9.17, 15) is 43.1 Å². The summed E-state index contributed by atoms with van der Waals surface area (Å²) in [5, 5.41) is 46.5. The number of rotatable bonds is 22. The topological polar surface area (TPSA) is 321 Å². The number of hydroxylamine groups is 2. The average Bonchev–Trinajstić information content (AvgIpc) is 4.32. The van der Waals surface area contributed by atoms with Crippen LogP contribution in [0.25, 0.3) is 0 Å². The van der Waals surface area contributed by atoms with Crippen LogP contribution in [-0.2, 0) is 75.2 Å². The van der Waals surface area contributed by atoms with Gasteiger partial charge in [0.1, 0.15) is 12.2 Å². The number of alkyl carbamates (subject to hydrolysis) is 2. The quantitative estimate of drug-likeness (QED) is 0.0431. The van der Waals surface area contributed by atoms with E-state index in [1.54, 1.807) is 0 Å². The molecule has 0 aliphatic carbocycles. The number of nitrogens with zero attached hydrogens (tertiary/aromatic N) is 2. The Kier molecular flexibility index (Phi) is 24.3. The third kappa shape index (κ3) is 19.0. The molecule has 27 heteroatoms. The summed E-state index contributed by atoms with van der Waals surface area (Å²) in [5.41, 5.74) is 4.38. The first-order valence-electron chi connectivity index (χ1n) is 26.3. The van der Waals surface area contributed by atoms with E-state index in [-0.39, 0.29) is 66.2 Å². The van der Waals surface area contributed by atoms with Gasteiger partial charge in [-0.2, -0.15) is 18.1 Å². The monoisotopic (exact) mass is 1150 g/mol. The van der Waals surface area contributed by atoms with Gasteiger partial charge in [0.05, 0.1) is 96.9 Å². The minimum atomic E-state index is -4.39. The van der Waals surface area contributed by atoms with Crippen LogP contribution in [0.4, 0.5) is 15.3 Å². The second-order valence-electron chi connectivity index (χ2n) is 19.4. The van der Waals surface area contributed by atoms with Crippen molar-refractivity contribution in [3.63, 3.8) is 0 Å². The standard InChI is InChI=1S/C28H35N3O11S.C22H32N2O7.C2H4O2S/c32-25(17-30(42-21-10-13-38-14-11-21)43(36,37)22-8-6-20(7-9-22)31(34)35)24(16-19-4-2-1-3-5-19)29-28(33)41-26-18-40-27-23(26)12-15-39-27;25-19(13-23-31-16-6-9-27-10-7-16)18(12-15-4-2-1-3-5-15)24-22(26)30-20-14-29-21-17(20)8-11-28-21;3-2(4)1-5/h1-9,21,23-27,32H,10-18H2,(H,29,33);1-5,16-21,23,25H,6-14H2,(H,24,26);5H,1H2,(H,3,4)/t23-,24-,25+,26?,27+;17-,18-,19+,20?,21+;/m00./s1. The van der Waals surface area contributed by atoms with Gasteiger partial charge in [-0.1, -0.05) is 65.1 Å². The molecule has 0 bridgehead atoms. The number of nitro groups is 1. The summed E-state index contributed by atoms with van der Waals surface area (Å²) in [7, 11) is -4.39. The van der Waals surface area contributed by atoms with Crippen molar-refractivity contribution in [1.82, 2.24) is 20.6 Å². The molecule has 3 aromatic carbocycles. The van der Waals surface area contributed by atoms with Gasteiger partial charge in [0.2, 0.25) is 0 Å². The van der Waals surface area contributed by atoms with Gasteiger partial charge in [0, 0.05) is 45.1 Å². The van der Waals surface area contributed by atoms with Gasteiger partial charge >= 0.3 is 18.2 Å². The Morgan fingerprint density at radius 3 is 1.62 bits per heavy atom. The van der Waals surface area contributed by atoms with Gasteiger partial charge in [-0.3, -0.25) is 24.6 Å². The third-order valence-corrected chi connectivity index (χ3v) is 15.8. The number of carbonyl (C=O) groups is 3. The zero-order valence-electron chi connectivity index (χ0n) is 43.5. The highest BCUT2D eigenvalue weighted by Crippen LogP contribution is 2.34. The Labute approximate surface area is 463 Å². The average molecular weight is 1150 g/mol. The molecule has 9 rings (SSSR count). The number of hydrogen-bond acceptors (Lipinski definition) is 21. The first-order chi connectivity index (χ1) is 38.2. The molecule has 0 radical (unpaired) electrons. The van der Waals surface area contributed by atoms with E-state index in [1.165, 1.54) is 0 Å². The van der Waals surface area contributed by atoms with Crippen LogP contribution in [0.3, 0.4) is 0 Å². The first kappa shape index (κ1) is 61.5. The predicted octanol–water partition coefficient (Wildman–Crippen LogP) is 3.30. The number of thiol groups is 1. The second-order valence-corrected chi connectivity index (χ2v) is 21.6. The highest BCUT2D eigenvalue weighted by atomic mass is 32.2. The van der Waals surface area contributed by atoms with E-state index in [0.717, 1.165) is 54.7 Å². The van der Waals surface area contributed by atoms with Crippen molar-refractivity contribution < 1.29 is 90.6 Å². The highest BCUT2D eigenvalue weighted by Gasteiger charge is 2.45. The largest absolute Gasteiger partial charge is 0.481 e. The molecule has 6 N–H and O–H groups in total. The van der Waals surface area contributed by atoms with Gasteiger partial charge in [0.15, 0.2) is 12.6 Å². The number of fused-ring (bicyclic) bond motifs is 2. The summed E-state index contributed by atoms with van der Waals surface area (Å²) in [6, 6.07) is 21.7. The Bertz CT molecular complexity index is 2460. The summed E-state index contributed by atoms with van der Waals surface area (Å²) < 4.78 is 72.1. The molecule has 25 nitrogen and oxygen atoms in total. The van der Waals surface area contributed by atoms with Crippen LogP contribution in [0.1, 0.15) is 49.7 Å². The number of aliphatic hydroxyl groups excluding tert-OH is 2. The molecule has 10 atom stereocenters. The van der Waals surface area contributed by atoms with Crippen molar-refractivity contribution in [1.29, 1.82) is 0 Å². The molecule has 6 saturated heterocycles. The van der Waals surface area contributed by atoms with Crippen LogP contribution in [0.15, 0.2) is 89.8 Å². The normalized spacial score (nSPS) is 24.5. The van der Waals surface area contributed by atoms with Crippen molar-refractivity contribution >= 4 is 46.5 Å². The molecule has 6 aliphatic rings. The number of aliphatic carboxylic acids is 1. The summed E-state index contributed by atoms with van der Waals surface area (Å²) in [5.74, 6) is -0.982. The van der Waals surface area contributed by atoms with E-state index < -0.39 is 82.4 Å². The number of nitro benzene ring substituents is 1. The molecule has 2 amide bonds.